The molecule has 0 aliphatic heterocycles. The fraction of sp³-hybridized carbons (Fsp3) is 0.667. The highest BCUT2D eigenvalue weighted by Crippen LogP contribution is 2.31. The molecule has 16 heavy (non-hydrogen) atoms. The fourth-order valence-electron chi connectivity index (χ4n) is 1.90. The van der Waals surface area contributed by atoms with Gasteiger partial charge in [-0.3, -0.25) is 4.98 Å². The minimum Gasteiger partial charge on any atom is -0.257 e. The smallest absolute Gasteiger partial charge is 0.0463 e. The monoisotopic (exact) mass is 219 g/mol. The summed E-state index contributed by atoms with van der Waals surface area (Å²) in [6, 6.07) is 2.28. The standard InChI is InChI=1S/C15H25N/c1-10-11(2)16-13(15(6,7)8)9-12(10)14(3,4)5/h9H,1-8H3. The molecule has 0 radical (unpaired) electrons. The van der Waals surface area contributed by atoms with E-state index in [0.29, 0.717) is 0 Å². The Morgan fingerprint density at radius 1 is 0.875 bits per heavy atom. The molecule has 0 atom stereocenters. The largest absolute Gasteiger partial charge is 0.257 e. The van der Waals surface area contributed by atoms with Crippen LogP contribution in [0, 0.1) is 13.8 Å². The highest BCUT2D eigenvalue weighted by Gasteiger charge is 2.23. The van der Waals surface area contributed by atoms with E-state index in [1.807, 2.05) is 0 Å². The summed E-state index contributed by atoms with van der Waals surface area (Å²) in [6.07, 6.45) is 0. The summed E-state index contributed by atoms with van der Waals surface area (Å²) in [5.41, 5.74) is 5.43. The number of nitrogens with zero attached hydrogens (tertiary/aromatic N) is 1. The second kappa shape index (κ2) is 3.87. The Morgan fingerprint density at radius 2 is 1.38 bits per heavy atom. The van der Waals surface area contributed by atoms with Crippen LogP contribution in [0.1, 0.15) is 64.1 Å². The summed E-state index contributed by atoms with van der Waals surface area (Å²) in [4.78, 5) is 4.72. The molecule has 1 rings (SSSR count). The average molecular weight is 219 g/mol. The van der Waals surface area contributed by atoms with Crippen molar-refractivity contribution in [1.29, 1.82) is 0 Å². The van der Waals surface area contributed by atoms with E-state index in [4.69, 9.17) is 4.98 Å². The molecular formula is C15H25N. The summed E-state index contributed by atoms with van der Waals surface area (Å²) in [7, 11) is 0. The molecule has 0 aliphatic rings. The van der Waals surface area contributed by atoms with Crippen molar-refractivity contribution < 1.29 is 0 Å². The molecule has 0 amide bonds. The second-order valence-electron chi connectivity index (χ2n) is 6.77. The predicted molar refractivity (Wildman–Crippen MR) is 71.1 cm³/mol. The maximum atomic E-state index is 4.72. The molecule has 0 spiro atoms. The lowest BCUT2D eigenvalue weighted by Crippen LogP contribution is -2.20. The molecule has 1 heteroatoms. The summed E-state index contributed by atoms with van der Waals surface area (Å²) in [5.74, 6) is 0. The molecule has 1 aromatic rings. The van der Waals surface area contributed by atoms with Crippen LogP contribution in [0.3, 0.4) is 0 Å². The summed E-state index contributed by atoms with van der Waals surface area (Å²) in [6.45, 7) is 17.7. The average Bonchev–Trinajstić information content (AvgIpc) is 2.05. The van der Waals surface area contributed by atoms with Crippen molar-refractivity contribution in [3.63, 3.8) is 0 Å². The van der Waals surface area contributed by atoms with Gasteiger partial charge in [-0.25, -0.2) is 0 Å². The highest BCUT2D eigenvalue weighted by molar-refractivity contribution is 5.37. The van der Waals surface area contributed by atoms with E-state index >= 15 is 0 Å². The normalized spacial score (nSPS) is 13.0. The summed E-state index contributed by atoms with van der Waals surface area (Å²) < 4.78 is 0. The van der Waals surface area contributed by atoms with Crippen LogP contribution in [0.15, 0.2) is 6.07 Å². The van der Waals surface area contributed by atoms with E-state index < -0.39 is 0 Å². The van der Waals surface area contributed by atoms with Gasteiger partial charge in [0.2, 0.25) is 0 Å². The lowest BCUT2D eigenvalue weighted by Gasteiger charge is -2.27. The summed E-state index contributed by atoms with van der Waals surface area (Å²) >= 11 is 0. The van der Waals surface area contributed by atoms with Crippen molar-refractivity contribution >= 4 is 0 Å². The second-order valence-corrected chi connectivity index (χ2v) is 6.77. The van der Waals surface area contributed by atoms with Crippen molar-refractivity contribution in [2.45, 2.75) is 66.2 Å². The van der Waals surface area contributed by atoms with E-state index in [-0.39, 0.29) is 10.8 Å². The molecule has 0 saturated heterocycles. The number of aromatic nitrogens is 1. The first kappa shape index (κ1) is 13.2. The number of hydrogen-bond donors (Lipinski definition) is 0. The number of aryl methyl sites for hydroxylation is 1. The zero-order chi connectivity index (χ0) is 12.7. The van der Waals surface area contributed by atoms with Gasteiger partial charge >= 0.3 is 0 Å². The molecule has 0 aliphatic carbocycles. The van der Waals surface area contributed by atoms with Crippen molar-refractivity contribution in [1.82, 2.24) is 4.98 Å². The van der Waals surface area contributed by atoms with Gasteiger partial charge in [0.15, 0.2) is 0 Å². The topological polar surface area (TPSA) is 12.9 Å². The molecule has 0 bridgehead atoms. The lowest BCUT2D eigenvalue weighted by molar-refractivity contribution is 0.547. The van der Waals surface area contributed by atoms with E-state index in [0.717, 1.165) is 5.69 Å². The van der Waals surface area contributed by atoms with Crippen molar-refractivity contribution in [3.05, 3.63) is 28.6 Å². The molecule has 90 valence electrons. The Morgan fingerprint density at radius 3 is 1.75 bits per heavy atom. The van der Waals surface area contributed by atoms with Crippen LogP contribution in [-0.4, -0.2) is 4.98 Å². The van der Waals surface area contributed by atoms with Gasteiger partial charge in [-0.2, -0.15) is 0 Å². The molecule has 0 saturated carbocycles. The van der Waals surface area contributed by atoms with Gasteiger partial charge in [0.05, 0.1) is 0 Å². The SMILES string of the molecule is Cc1nc(C(C)(C)C)cc(C(C)(C)C)c1C. The zero-order valence-corrected chi connectivity index (χ0v) is 12.0. The summed E-state index contributed by atoms with van der Waals surface area (Å²) in [5, 5.41) is 0. The van der Waals surface area contributed by atoms with E-state index in [9.17, 15) is 0 Å². The van der Waals surface area contributed by atoms with Crippen LogP contribution in [-0.2, 0) is 10.8 Å². The van der Waals surface area contributed by atoms with Gasteiger partial charge in [-0.1, -0.05) is 41.5 Å². The van der Waals surface area contributed by atoms with E-state index in [2.05, 4.69) is 61.5 Å². The van der Waals surface area contributed by atoms with E-state index in [1.54, 1.807) is 0 Å². The Bertz CT molecular complexity index is 389. The van der Waals surface area contributed by atoms with Crippen molar-refractivity contribution in [3.8, 4) is 0 Å². The lowest BCUT2D eigenvalue weighted by atomic mass is 9.81. The van der Waals surface area contributed by atoms with Gasteiger partial charge < -0.3 is 0 Å². The molecule has 0 N–H and O–H groups in total. The first-order valence-corrected chi connectivity index (χ1v) is 6.02. The van der Waals surface area contributed by atoms with Gasteiger partial charge in [0, 0.05) is 16.8 Å². The van der Waals surface area contributed by atoms with Crippen LogP contribution >= 0.6 is 0 Å². The van der Waals surface area contributed by atoms with Crippen LogP contribution in [0.5, 0.6) is 0 Å². The van der Waals surface area contributed by atoms with Crippen LogP contribution in [0.2, 0.25) is 0 Å². The minimum absolute atomic E-state index is 0.123. The van der Waals surface area contributed by atoms with Gasteiger partial charge in [-0.05, 0) is 36.5 Å². The third-order valence-electron chi connectivity index (χ3n) is 3.09. The van der Waals surface area contributed by atoms with Crippen LogP contribution in [0.4, 0.5) is 0 Å². The molecule has 1 heterocycles. The third-order valence-corrected chi connectivity index (χ3v) is 3.09. The maximum absolute atomic E-state index is 4.72. The minimum atomic E-state index is 0.123. The van der Waals surface area contributed by atoms with E-state index in [1.165, 1.54) is 16.8 Å². The van der Waals surface area contributed by atoms with Crippen LogP contribution < -0.4 is 0 Å². The Labute approximate surface area is 100 Å². The first-order chi connectivity index (χ1) is 7.03. The molecule has 1 aromatic heterocycles. The molecule has 0 fully saturated rings. The fourth-order valence-corrected chi connectivity index (χ4v) is 1.90. The van der Waals surface area contributed by atoms with Crippen LogP contribution in [0.25, 0.3) is 0 Å². The zero-order valence-electron chi connectivity index (χ0n) is 12.0. The van der Waals surface area contributed by atoms with Gasteiger partial charge in [0.25, 0.3) is 0 Å². The number of rotatable bonds is 0. The molecule has 0 aromatic carbocycles. The first-order valence-electron chi connectivity index (χ1n) is 6.02. The highest BCUT2D eigenvalue weighted by atomic mass is 14.7. The number of pyridine rings is 1. The third kappa shape index (κ3) is 2.63. The quantitative estimate of drug-likeness (QED) is 0.634. The Kier molecular flexibility index (Phi) is 3.20. The Balaban J connectivity index is 3.46. The van der Waals surface area contributed by atoms with Crippen molar-refractivity contribution in [2.75, 3.05) is 0 Å². The Hall–Kier alpha value is -0.850. The molecular weight excluding hydrogens is 194 g/mol. The van der Waals surface area contributed by atoms with Gasteiger partial charge in [-0.15, -0.1) is 0 Å². The predicted octanol–water partition coefficient (Wildman–Crippen LogP) is 4.29. The van der Waals surface area contributed by atoms with Gasteiger partial charge in [0.1, 0.15) is 0 Å². The number of hydrogen-bond acceptors (Lipinski definition) is 1. The van der Waals surface area contributed by atoms with Crippen molar-refractivity contribution in [2.24, 2.45) is 0 Å². The maximum Gasteiger partial charge on any atom is 0.0463 e. The molecule has 1 nitrogen and oxygen atoms in total. The molecule has 0 unspecified atom stereocenters.